The normalized spacial score (nSPS) is 10.4. The second-order valence-electron chi connectivity index (χ2n) is 4.26. The molecule has 1 heteroatoms. The first-order valence-corrected chi connectivity index (χ1v) is 6.57. The maximum absolute atomic E-state index is 2.28. The molecule has 0 saturated heterocycles. The highest BCUT2D eigenvalue weighted by molar-refractivity contribution is 6.68. The molecule has 2 aromatic rings. The van der Waals surface area contributed by atoms with Crippen LogP contribution in [-0.4, -0.2) is 9.52 Å². The SMILES string of the molecule is Cc1cc(C)c([Si]c2ccccc2)c(C)c1. The Balaban J connectivity index is 2.35. The quantitative estimate of drug-likeness (QED) is 0.687. The Morgan fingerprint density at radius 2 is 1.38 bits per heavy atom. The molecule has 80 valence electrons. The summed E-state index contributed by atoms with van der Waals surface area (Å²) >= 11 is 0. The number of benzene rings is 2. The minimum Gasteiger partial charge on any atom is -0.0631 e. The van der Waals surface area contributed by atoms with Gasteiger partial charge in [0.1, 0.15) is 9.52 Å². The average molecular weight is 224 g/mol. The smallest absolute Gasteiger partial charge is 0.0631 e. The lowest BCUT2D eigenvalue weighted by Crippen LogP contribution is -2.31. The summed E-state index contributed by atoms with van der Waals surface area (Å²) in [6, 6.07) is 15.3. The van der Waals surface area contributed by atoms with Gasteiger partial charge in [-0.15, -0.1) is 0 Å². The van der Waals surface area contributed by atoms with Crippen LogP contribution in [0.2, 0.25) is 0 Å². The Hall–Kier alpha value is -1.34. The zero-order valence-corrected chi connectivity index (χ0v) is 11.0. The van der Waals surface area contributed by atoms with Crippen molar-refractivity contribution in [2.45, 2.75) is 20.8 Å². The van der Waals surface area contributed by atoms with Crippen molar-refractivity contribution < 1.29 is 0 Å². The molecule has 0 N–H and O–H groups in total. The van der Waals surface area contributed by atoms with Crippen molar-refractivity contribution in [1.82, 2.24) is 0 Å². The van der Waals surface area contributed by atoms with Crippen molar-refractivity contribution in [3.8, 4) is 0 Å². The van der Waals surface area contributed by atoms with Gasteiger partial charge < -0.3 is 0 Å². The number of hydrogen-bond donors (Lipinski definition) is 0. The third-order valence-corrected chi connectivity index (χ3v) is 4.38. The molecule has 0 aliphatic heterocycles. The van der Waals surface area contributed by atoms with Gasteiger partial charge in [0, 0.05) is 0 Å². The van der Waals surface area contributed by atoms with E-state index in [4.69, 9.17) is 0 Å². The van der Waals surface area contributed by atoms with E-state index >= 15 is 0 Å². The van der Waals surface area contributed by atoms with Crippen LogP contribution in [0.4, 0.5) is 0 Å². The van der Waals surface area contributed by atoms with Gasteiger partial charge in [-0.3, -0.25) is 0 Å². The fourth-order valence-electron chi connectivity index (χ4n) is 2.04. The van der Waals surface area contributed by atoms with Gasteiger partial charge in [-0.25, -0.2) is 0 Å². The van der Waals surface area contributed by atoms with E-state index in [-0.39, 0.29) is 0 Å². The molecule has 0 aliphatic rings. The van der Waals surface area contributed by atoms with Crippen LogP contribution in [0.3, 0.4) is 0 Å². The van der Waals surface area contributed by atoms with Crippen molar-refractivity contribution in [2.75, 3.05) is 0 Å². The van der Waals surface area contributed by atoms with Crippen molar-refractivity contribution in [3.05, 3.63) is 59.2 Å². The second-order valence-corrected chi connectivity index (χ2v) is 5.59. The van der Waals surface area contributed by atoms with Crippen LogP contribution < -0.4 is 10.4 Å². The van der Waals surface area contributed by atoms with Crippen molar-refractivity contribution >= 4 is 19.9 Å². The number of aryl methyl sites for hydroxylation is 3. The van der Waals surface area contributed by atoms with Gasteiger partial charge >= 0.3 is 0 Å². The topological polar surface area (TPSA) is 0 Å². The lowest BCUT2D eigenvalue weighted by Gasteiger charge is -2.10. The molecule has 0 saturated carbocycles. The molecule has 16 heavy (non-hydrogen) atoms. The van der Waals surface area contributed by atoms with Gasteiger partial charge in [0.25, 0.3) is 0 Å². The van der Waals surface area contributed by atoms with Crippen LogP contribution in [0.5, 0.6) is 0 Å². The summed E-state index contributed by atoms with van der Waals surface area (Å²) in [5.41, 5.74) is 4.19. The number of hydrogen-bond acceptors (Lipinski definition) is 0. The lowest BCUT2D eigenvalue weighted by atomic mass is 10.1. The fraction of sp³-hybridized carbons (Fsp3) is 0.200. The van der Waals surface area contributed by atoms with E-state index in [1.807, 2.05) is 0 Å². The number of rotatable bonds is 2. The van der Waals surface area contributed by atoms with E-state index in [1.165, 1.54) is 27.1 Å². The molecular weight excluding hydrogens is 208 g/mol. The van der Waals surface area contributed by atoms with Gasteiger partial charge in [-0.2, -0.15) is 0 Å². The summed E-state index contributed by atoms with van der Waals surface area (Å²) in [4.78, 5) is 0. The van der Waals surface area contributed by atoms with Crippen LogP contribution in [0.15, 0.2) is 42.5 Å². The third-order valence-electron chi connectivity index (χ3n) is 2.72. The zero-order chi connectivity index (χ0) is 11.5. The summed E-state index contributed by atoms with van der Waals surface area (Å²) in [6.45, 7) is 6.59. The minimum absolute atomic E-state index is 0.771. The molecule has 0 heterocycles. The van der Waals surface area contributed by atoms with Crippen molar-refractivity contribution in [1.29, 1.82) is 0 Å². The van der Waals surface area contributed by atoms with E-state index in [0.29, 0.717) is 0 Å². The first-order valence-electron chi connectivity index (χ1n) is 5.57. The Kier molecular flexibility index (Phi) is 3.25. The van der Waals surface area contributed by atoms with Gasteiger partial charge in [-0.1, -0.05) is 69.5 Å². The molecule has 0 spiro atoms. The van der Waals surface area contributed by atoms with Crippen molar-refractivity contribution in [2.24, 2.45) is 0 Å². The summed E-state index contributed by atoms with van der Waals surface area (Å²) in [5.74, 6) is 0. The first kappa shape index (κ1) is 11.2. The molecule has 0 atom stereocenters. The van der Waals surface area contributed by atoms with Crippen LogP contribution in [0.1, 0.15) is 16.7 Å². The Labute approximate surface area is 100 Å². The summed E-state index contributed by atoms with van der Waals surface area (Å²) in [7, 11) is 0.771. The average Bonchev–Trinajstić information content (AvgIpc) is 2.25. The molecule has 0 nitrogen and oxygen atoms in total. The molecular formula is C15H16Si. The predicted molar refractivity (Wildman–Crippen MR) is 72.1 cm³/mol. The Bertz CT molecular complexity index is 463. The lowest BCUT2D eigenvalue weighted by molar-refractivity contribution is 1.35. The minimum atomic E-state index is 0.771. The van der Waals surface area contributed by atoms with Gasteiger partial charge in [0.2, 0.25) is 0 Å². The molecule has 2 aromatic carbocycles. The standard InChI is InChI=1S/C15H16Si/c1-11-9-12(2)15(13(3)10-11)16-14-7-5-4-6-8-14/h4-10H,1-3H3. The highest BCUT2D eigenvalue weighted by Gasteiger charge is 2.05. The van der Waals surface area contributed by atoms with Gasteiger partial charge in [0.15, 0.2) is 0 Å². The maximum atomic E-state index is 2.28. The predicted octanol–water partition coefficient (Wildman–Crippen LogP) is 2.27. The summed E-state index contributed by atoms with van der Waals surface area (Å²) in [5, 5.41) is 2.91. The molecule has 0 fully saturated rings. The molecule has 2 rings (SSSR count). The Morgan fingerprint density at radius 1 is 0.812 bits per heavy atom. The fourth-order valence-corrected chi connectivity index (χ4v) is 3.23. The maximum Gasteiger partial charge on any atom is 0.122 e. The van der Waals surface area contributed by atoms with E-state index in [9.17, 15) is 0 Å². The van der Waals surface area contributed by atoms with Crippen LogP contribution >= 0.6 is 0 Å². The highest BCUT2D eigenvalue weighted by atomic mass is 28.2. The first-order chi connectivity index (χ1) is 7.66. The van der Waals surface area contributed by atoms with Crippen LogP contribution in [-0.2, 0) is 0 Å². The zero-order valence-electron chi connectivity index (χ0n) is 10.0. The monoisotopic (exact) mass is 224 g/mol. The van der Waals surface area contributed by atoms with Gasteiger partial charge in [-0.05, 0) is 20.8 Å². The van der Waals surface area contributed by atoms with Crippen molar-refractivity contribution in [3.63, 3.8) is 0 Å². The Morgan fingerprint density at radius 3 is 1.94 bits per heavy atom. The largest absolute Gasteiger partial charge is 0.122 e. The summed E-state index contributed by atoms with van der Waals surface area (Å²) in [6.07, 6.45) is 0. The third kappa shape index (κ3) is 2.42. The summed E-state index contributed by atoms with van der Waals surface area (Å²) < 4.78 is 0. The van der Waals surface area contributed by atoms with E-state index in [2.05, 4.69) is 63.2 Å². The molecule has 0 bridgehead atoms. The van der Waals surface area contributed by atoms with Crippen LogP contribution in [0.25, 0.3) is 0 Å². The molecule has 0 aliphatic carbocycles. The molecule has 0 amide bonds. The highest BCUT2D eigenvalue weighted by Crippen LogP contribution is 2.04. The van der Waals surface area contributed by atoms with E-state index in [1.54, 1.807) is 0 Å². The molecule has 0 aromatic heterocycles. The van der Waals surface area contributed by atoms with E-state index < -0.39 is 0 Å². The van der Waals surface area contributed by atoms with Crippen LogP contribution in [0, 0.1) is 20.8 Å². The van der Waals surface area contributed by atoms with E-state index in [0.717, 1.165) is 9.52 Å². The second kappa shape index (κ2) is 4.66. The molecule has 0 unspecified atom stereocenters. The van der Waals surface area contributed by atoms with Gasteiger partial charge in [0.05, 0.1) is 0 Å². The molecule has 2 radical (unpaired) electrons.